The van der Waals surface area contributed by atoms with Crippen LogP contribution in [0.5, 0.6) is 0 Å². The van der Waals surface area contributed by atoms with Crippen LogP contribution in [0.1, 0.15) is 39.0 Å². The molecule has 4 aliphatic rings. The Labute approximate surface area is 98.2 Å². The van der Waals surface area contributed by atoms with Crippen LogP contribution in [-0.2, 0) is 0 Å². The molecule has 0 spiro atoms. The predicted molar refractivity (Wildman–Crippen MR) is 65.3 cm³/mol. The Bertz CT molecular complexity index is 275. The SMILES string of the molecule is C[CH2][Al]1[CH2]CC2C3CC(C4CCCC34)[CH]21. The number of hydrogen-bond acceptors (Lipinski definition) is 0. The summed E-state index contributed by atoms with van der Waals surface area (Å²) in [5.74, 6) is 6.20. The van der Waals surface area contributed by atoms with Crippen molar-refractivity contribution in [2.45, 2.75) is 54.4 Å². The maximum absolute atomic E-state index is 2.50. The minimum absolute atomic E-state index is 0.268. The molecule has 0 amide bonds. The van der Waals surface area contributed by atoms with E-state index < -0.39 is 0 Å². The first-order valence-electron chi connectivity index (χ1n) is 7.40. The predicted octanol–water partition coefficient (Wildman–Crippen LogP) is 3.96. The largest absolute Gasteiger partial charge is 0.266 e. The summed E-state index contributed by atoms with van der Waals surface area (Å²) in [6.07, 6.45) is 8.18. The van der Waals surface area contributed by atoms with Crippen molar-refractivity contribution < 1.29 is 0 Å². The Kier molecular flexibility index (Phi) is 2.08. The summed E-state index contributed by atoms with van der Waals surface area (Å²) in [5, 5.41) is 3.33. The van der Waals surface area contributed by atoms with Crippen molar-refractivity contribution in [2.75, 3.05) is 0 Å². The van der Waals surface area contributed by atoms with Crippen molar-refractivity contribution >= 4 is 14.1 Å². The van der Waals surface area contributed by atoms with E-state index in [0.29, 0.717) is 0 Å². The van der Waals surface area contributed by atoms with Gasteiger partial charge in [-0.1, -0.05) is 35.1 Å². The van der Waals surface area contributed by atoms with Crippen molar-refractivity contribution in [3.05, 3.63) is 0 Å². The Morgan fingerprint density at radius 1 is 0.933 bits per heavy atom. The minimum Gasteiger partial charge on any atom is -0.0965 e. The molecule has 3 saturated carbocycles. The molecule has 0 aromatic heterocycles. The van der Waals surface area contributed by atoms with Crippen LogP contribution in [0.3, 0.4) is 0 Å². The zero-order valence-electron chi connectivity index (χ0n) is 9.99. The lowest BCUT2D eigenvalue weighted by atomic mass is 9.74. The first-order chi connectivity index (χ1) is 7.40. The van der Waals surface area contributed by atoms with Crippen LogP contribution in [-0.4, -0.2) is 14.1 Å². The second-order valence-corrected chi connectivity index (χ2v) is 10.5. The highest BCUT2D eigenvalue weighted by Gasteiger charge is 2.62. The van der Waals surface area contributed by atoms with Gasteiger partial charge in [0.15, 0.2) is 0 Å². The van der Waals surface area contributed by atoms with Crippen LogP contribution in [0, 0.1) is 29.6 Å². The molecule has 3 aliphatic carbocycles. The van der Waals surface area contributed by atoms with E-state index in [1.54, 1.807) is 42.7 Å². The molecule has 0 aromatic carbocycles. The Hall–Kier alpha value is 0.532. The van der Waals surface area contributed by atoms with Crippen molar-refractivity contribution in [3.8, 4) is 0 Å². The van der Waals surface area contributed by atoms with Crippen LogP contribution in [0.25, 0.3) is 0 Å². The lowest BCUT2D eigenvalue weighted by Crippen LogP contribution is -2.31. The van der Waals surface area contributed by atoms with Crippen LogP contribution < -0.4 is 0 Å². The van der Waals surface area contributed by atoms with Crippen LogP contribution in [0.4, 0.5) is 0 Å². The summed E-state index contributed by atoms with van der Waals surface area (Å²) in [6.45, 7) is 2.50. The van der Waals surface area contributed by atoms with Gasteiger partial charge in [0.2, 0.25) is 0 Å². The van der Waals surface area contributed by atoms with Crippen molar-refractivity contribution in [2.24, 2.45) is 29.6 Å². The summed E-state index contributed by atoms with van der Waals surface area (Å²) in [7, 11) is 0. The molecule has 0 aromatic rings. The van der Waals surface area contributed by atoms with Gasteiger partial charge in [0.25, 0.3) is 14.1 Å². The average molecular weight is 218 g/mol. The van der Waals surface area contributed by atoms with Gasteiger partial charge >= 0.3 is 0 Å². The lowest BCUT2D eigenvalue weighted by Gasteiger charge is -2.36. The zero-order chi connectivity index (χ0) is 9.99. The summed E-state index contributed by atoms with van der Waals surface area (Å²) in [5.41, 5.74) is 0. The normalized spacial score (nSPS) is 56.2. The molecule has 0 N–H and O–H groups in total. The molecular weight excluding hydrogens is 195 g/mol. The molecule has 0 radical (unpaired) electrons. The maximum Gasteiger partial charge on any atom is 0.266 e. The molecule has 15 heavy (non-hydrogen) atoms. The quantitative estimate of drug-likeness (QED) is 0.584. The maximum atomic E-state index is 2.50. The molecule has 0 nitrogen and oxygen atoms in total. The summed E-state index contributed by atoms with van der Waals surface area (Å²) >= 11 is -0.268. The zero-order valence-corrected chi connectivity index (χ0v) is 11.1. The van der Waals surface area contributed by atoms with Gasteiger partial charge in [0.1, 0.15) is 0 Å². The summed E-state index contributed by atoms with van der Waals surface area (Å²) in [6, 6.07) is 0. The van der Waals surface area contributed by atoms with Crippen molar-refractivity contribution in [1.82, 2.24) is 0 Å². The number of rotatable bonds is 1. The van der Waals surface area contributed by atoms with E-state index in [9.17, 15) is 0 Å². The molecule has 6 unspecified atom stereocenters. The van der Waals surface area contributed by atoms with Gasteiger partial charge in [0.05, 0.1) is 0 Å². The van der Waals surface area contributed by atoms with Crippen LogP contribution in [0.15, 0.2) is 0 Å². The van der Waals surface area contributed by atoms with Gasteiger partial charge in [-0.3, -0.25) is 0 Å². The van der Waals surface area contributed by atoms with E-state index in [4.69, 9.17) is 0 Å². The van der Waals surface area contributed by atoms with Crippen molar-refractivity contribution in [1.29, 1.82) is 0 Å². The third kappa shape index (κ3) is 1.10. The fraction of sp³-hybridized carbons (Fsp3) is 1.00. The smallest absolute Gasteiger partial charge is 0.0965 e. The second kappa shape index (κ2) is 3.27. The van der Waals surface area contributed by atoms with Gasteiger partial charge in [-0.2, -0.15) is 0 Å². The molecule has 6 atom stereocenters. The fourth-order valence-corrected chi connectivity index (χ4v) is 10.9. The Balaban J connectivity index is 1.67. The van der Waals surface area contributed by atoms with Gasteiger partial charge in [-0.05, 0) is 48.9 Å². The molecule has 1 saturated heterocycles. The molecule has 4 rings (SSSR count). The standard InChI is InChI=1S/C12H18.C2H5.Al/c1-2-8-6-9-7-12(8)11-5-3-4-10(9)11;1-2;/h6,8-12H,1-5,7H2;1H2,2H3;. The monoisotopic (exact) mass is 218 g/mol. The third-order valence-electron chi connectivity index (χ3n) is 6.75. The molecule has 1 heteroatoms. The first-order valence-corrected chi connectivity index (χ1v) is 9.70. The van der Waals surface area contributed by atoms with E-state index in [1.165, 1.54) is 34.4 Å². The Morgan fingerprint density at radius 2 is 1.73 bits per heavy atom. The third-order valence-corrected chi connectivity index (χ3v) is 10.9. The topological polar surface area (TPSA) is 0 Å². The lowest BCUT2D eigenvalue weighted by molar-refractivity contribution is 0.194. The molecular formula is C14H23Al. The van der Waals surface area contributed by atoms with E-state index >= 15 is 0 Å². The number of fused-ring (bicyclic) bond motifs is 8. The van der Waals surface area contributed by atoms with Crippen molar-refractivity contribution in [3.63, 3.8) is 0 Å². The molecule has 2 bridgehead atoms. The second-order valence-electron chi connectivity index (χ2n) is 6.81. The Morgan fingerprint density at radius 3 is 2.53 bits per heavy atom. The summed E-state index contributed by atoms with van der Waals surface area (Å²) in [4.78, 5) is 0. The average Bonchev–Trinajstić information content (AvgIpc) is 2.95. The highest BCUT2D eigenvalue weighted by atomic mass is 27.2. The van der Waals surface area contributed by atoms with E-state index in [2.05, 4.69) is 6.92 Å². The summed E-state index contributed by atoms with van der Waals surface area (Å²) < 4.78 is 1.33. The minimum atomic E-state index is -0.268. The van der Waals surface area contributed by atoms with E-state index in [-0.39, 0.29) is 14.1 Å². The van der Waals surface area contributed by atoms with E-state index in [1.807, 2.05) is 0 Å². The molecule has 82 valence electrons. The molecule has 1 aliphatic heterocycles. The highest BCUT2D eigenvalue weighted by Crippen LogP contribution is 2.69. The van der Waals surface area contributed by atoms with Crippen LogP contribution >= 0.6 is 0 Å². The fourth-order valence-electron chi connectivity index (χ4n) is 6.46. The van der Waals surface area contributed by atoms with Gasteiger partial charge < -0.3 is 0 Å². The first kappa shape index (κ1) is 9.55. The molecule has 1 heterocycles. The molecule has 4 fully saturated rings. The van der Waals surface area contributed by atoms with Crippen LogP contribution in [0.2, 0.25) is 15.3 Å². The van der Waals surface area contributed by atoms with Gasteiger partial charge in [0, 0.05) is 0 Å². The number of hydrogen-bond donors (Lipinski definition) is 0. The van der Waals surface area contributed by atoms with E-state index in [0.717, 1.165) is 0 Å². The van der Waals surface area contributed by atoms with Gasteiger partial charge in [-0.25, -0.2) is 0 Å². The highest BCUT2D eigenvalue weighted by molar-refractivity contribution is 6.61. The van der Waals surface area contributed by atoms with Gasteiger partial charge in [-0.15, -0.1) is 0 Å².